The summed E-state index contributed by atoms with van der Waals surface area (Å²) in [4.78, 5) is 24.4. The molecule has 3 N–H and O–H groups in total. The van der Waals surface area contributed by atoms with E-state index in [-0.39, 0.29) is 5.69 Å². The molecule has 1 amide bonds. The van der Waals surface area contributed by atoms with Crippen molar-refractivity contribution in [1.29, 1.82) is 0 Å². The number of thiazole rings is 1. The fourth-order valence-corrected chi connectivity index (χ4v) is 3.89. The summed E-state index contributed by atoms with van der Waals surface area (Å²) < 4.78 is 11.4. The SMILES string of the molecule is CCOc1cc2ncnc(Nc3cccc(-c4nc(C(N)=O)cs4)c3)c2cc1OCC. The molecule has 8 nitrogen and oxygen atoms in total. The molecular formula is C22H21N5O3S. The first-order valence-electron chi connectivity index (χ1n) is 9.76. The summed E-state index contributed by atoms with van der Waals surface area (Å²) in [6, 6.07) is 11.4. The molecule has 2 aromatic carbocycles. The standard InChI is InChI=1S/C22H21N5O3S/c1-3-29-18-9-15-16(10-19(18)30-4-2)24-12-25-21(15)26-14-7-5-6-13(8-14)22-27-17(11-31-22)20(23)28/h5-12H,3-4H2,1-2H3,(H2,23,28)(H,24,25,26). The number of fused-ring (bicyclic) bond motifs is 1. The molecule has 0 radical (unpaired) electrons. The highest BCUT2D eigenvalue weighted by molar-refractivity contribution is 7.13. The van der Waals surface area contributed by atoms with Crippen molar-refractivity contribution in [3.05, 3.63) is 53.8 Å². The molecule has 0 aliphatic heterocycles. The van der Waals surface area contributed by atoms with Gasteiger partial charge in [0.2, 0.25) is 0 Å². The zero-order valence-corrected chi connectivity index (χ0v) is 17.9. The predicted octanol–water partition coefficient (Wildman–Crippen LogP) is 4.39. The van der Waals surface area contributed by atoms with Gasteiger partial charge in [-0.15, -0.1) is 11.3 Å². The van der Waals surface area contributed by atoms with Crippen molar-refractivity contribution in [1.82, 2.24) is 15.0 Å². The Bertz CT molecular complexity index is 1240. The summed E-state index contributed by atoms with van der Waals surface area (Å²) in [5.74, 6) is 1.40. The molecule has 2 heterocycles. The number of hydrogen-bond acceptors (Lipinski definition) is 8. The summed E-state index contributed by atoms with van der Waals surface area (Å²) >= 11 is 1.37. The third kappa shape index (κ3) is 4.41. The lowest BCUT2D eigenvalue weighted by Gasteiger charge is -2.14. The Kier molecular flexibility index (Phi) is 5.94. The predicted molar refractivity (Wildman–Crippen MR) is 121 cm³/mol. The van der Waals surface area contributed by atoms with E-state index in [1.807, 2.05) is 50.2 Å². The number of hydrogen-bond donors (Lipinski definition) is 2. The molecule has 0 spiro atoms. The summed E-state index contributed by atoms with van der Waals surface area (Å²) in [6.07, 6.45) is 1.50. The largest absolute Gasteiger partial charge is 0.490 e. The third-order valence-corrected chi connectivity index (χ3v) is 5.32. The molecule has 0 fully saturated rings. The van der Waals surface area contributed by atoms with Crippen molar-refractivity contribution < 1.29 is 14.3 Å². The molecule has 0 atom stereocenters. The number of carbonyl (C=O) groups is 1. The lowest BCUT2D eigenvalue weighted by atomic mass is 10.2. The number of nitrogens with two attached hydrogens (primary N) is 1. The minimum atomic E-state index is -0.541. The Balaban J connectivity index is 1.69. The maximum absolute atomic E-state index is 11.3. The molecule has 0 aliphatic rings. The number of nitrogens with one attached hydrogen (secondary N) is 1. The van der Waals surface area contributed by atoms with E-state index >= 15 is 0 Å². The Morgan fingerprint density at radius 3 is 2.58 bits per heavy atom. The number of rotatable bonds is 8. The van der Waals surface area contributed by atoms with Crippen LogP contribution in [-0.4, -0.2) is 34.1 Å². The monoisotopic (exact) mass is 435 g/mol. The van der Waals surface area contributed by atoms with Crippen LogP contribution in [0.1, 0.15) is 24.3 Å². The van der Waals surface area contributed by atoms with Crippen LogP contribution in [0.5, 0.6) is 11.5 Å². The van der Waals surface area contributed by atoms with E-state index in [1.54, 1.807) is 5.38 Å². The van der Waals surface area contributed by atoms with Crippen molar-refractivity contribution in [3.63, 3.8) is 0 Å². The van der Waals surface area contributed by atoms with Gasteiger partial charge < -0.3 is 20.5 Å². The molecule has 4 aromatic rings. The van der Waals surface area contributed by atoms with E-state index in [0.717, 1.165) is 22.2 Å². The van der Waals surface area contributed by atoms with Crippen LogP contribution in [0.25, 0.3) is 21.5 Å². The van der Waals surface area contributed by atoms with Gasteiger partial charge in [0.25, 0.3) is 5.91 Å². The second kappa shape index (κ2) is 8.97. The van der Waals surface area contributed by atoms with E-state index in [2.05, 4.69) is 20.3 Å². The number of carbonyl (C=O) groups excluding carboxylic acids is 1. The first-order valence-corrected chi connectivity index (χ1v) is 10.6. The van der Waals surface area contributed by atoms with Gasteiger partial charge in [0.15, 0.2) is 11.5 Å². The van der Waals surface area contributed by atoms with E-state index in [1.165, 1.54) is 17.7 Å². The number of aromatic nitrogens is 3. The average Bonchev–Trinajstić information content (AvgIpc) is 3.26. The molecular weight excluding hydrogens is 414 g/mol. The summed E-state index contributed by atoms with van der Waals surface area (Å²) in [7, 11) is 0. The molecule has 0 saturated carbocycles. The van der Waals surface area contributed by atoms with E-state index in [4.69, 9.17) is 15.2 Å². The van der Waals surface area contributed by atoms with E-state index in [9.17, 15) is 4.79 Å². The van der Waals surface area contributed by atoms with Crippen molar-refractivity contribution in [2.75, 3.05) is 18.5 Å². The highest BCUT2D eigenvalue weighted by Crippen LogP contribution is 2.35. The first kappa shape index (κ1) is 20.5. The van der Waals surface area contributed by atoms with Crippen molar-refractivity contribution in [2.45, 2.75) is 13.8 Å². The van der Waals surface area contributed by atoms with Crippen LogP contribution < -0.4 is 20.5 Å². The number of ether oxygens (including phenoxy) is 2. The zero-order chi connectivity index (χ0) is 21.8. The minimum absolute atomic E-state index is 0.258. The average molecular weight is 436 g/mol. The summed E-state index contributed by atoms with van der Waals surface area (Å²) in [5.41, 5.74) is 8.00. The smallest absolute Gasteiger partial charge is 0.268 e. The number of nitrogens with zero attached hydrogens (tertiary/aromatic N) is 3. The highest BCUT2D eigenvalue weighted by atomic mass is 32.1. The van der Waals surface area contributed by atoms with E-state index in [0.29, 0.717) is 35.5 Å². The Hall–Kier alpha value is -3.72. The van der Waals surface area contributed by atoms with Crippen LogP contribution in [-0.2, 0) is 0 Å². The number of primary amides is 1. The third-order valence-electron chi connectivity index (χ3n) is 4.43. The first-order chi connectivity index (χ1) is 15.1. The lowest BCUT2D eigenvalue weighted by Crippen LogP contribution is -2.10. The van der Waals surface area contributed by atoms with Crippen LogP contribution in [0.2, 0.25) is 0 Å². The molecule has 0 saturated heterocycles. The fraction of sp³-hybridized carbons (Fsp3) is 0.182. The molecule has 2 aromatic heterocycles. The zero-order valence-electron chi connectivity index (χ0n) is 17.1. The molecule has 158 valence electrons. The topological polar surface area (TPSA) is 112 Å². The Morgan fingerprint density at radius 2 is 1.87 bits per heavy atom. The van der Waals surface area contributed by atoms with Gasteiger partial charge in [-0.2, -0.15) is 0 Å². The van der Waals surface area contributed by atoms with Gasteiger partial charge in [-0.1, -0.05) is 12.1 Å². The molecule has 4 rings (SSSR count). The molecule has 0 bridgehead atoms. The summed E-state index contributed by atoms with van der Waals surface area (Å²) in [5, 5.41) is 6.52. The maximum atomic E-state index is 11.3. The van der Waals surface area contributed by atoms with Crippen molar-refractivity contribution >= 4 is 39.7 Å². The number of amides is 1. The van der Waals surface area contributed by atoms with Crippen molar-refractivity contribution in [2.24, 2.45) is 5.73 Å². The van der Waals surface area contributed by atoms with Gasteiger partial charge in [-0.3, -0.25) is 4.79 Å². The van der Waals surface area contributed by atoms with Gasteiger partial charge >= 0.3 is 0 Å². The summed E-state index contributed by atoms with van der Waals surface area (Å²) in [6.45, 7) is 4.90. The van der Waals surface area contributed by atoms with Crippen LogP contribution >= 0.6 is 11.3 Å². The molecule has 31 heavy (non-hydrogen) atoms. The second-order valence-corrected chi connectivity index (χ2v) is 7.37. The Labute approximate surface area is 183 Å². The fourth-order valence-electron chi connectivity index (χ4n) is 3.09. The van der Waals surface area contributed by atoms with Crippen LogP contribution in [0.15, 0.2) is 48.1 Å². The van der Waals surface area contributed by atoms with Gasteiger partial charge in [-0.05, 0) is 32.0 Å². The number of anilines is 2. The number of benzene rings is 2. The minimum Gasteiger partial charge on any atom is -0.490 e. The molecule has 9 heteroatoms. The highest BCUT2D eigenvalue weighted by Gasteiger charge is 2.13. The second-order valence-electron chi connectivity index (χ2n) is 6.51. The Morgan fingerprint density at radius 1 is 1.10 bits per heavy atom. The normalized spacial score (nSPS) is 10.8. The van der Waals surface area contributed by atoms with Gasteiger partial charge in [0, 0.05) is 28.1 Å². The lowest BCUT2D eigenvalue weighted by molar-refractivity contribution is 0.0996. The van der Waals surface area contributed by atoms with Gasteiger partial charge in [0.05, 0.1) is 18.7 Å². The van der Waals surface area contributed by atoms with Crippen LogP contribution in [0.3, 0.4) is 0 Å². The van der Waals surface area contributed by atoms with Crippen LogP contribution in [0.4, 0.5) is 11.5 Å². The van der Waals surface area contributed by atoms with Gasteiger partial charge in [0.1, 0.15) is 22.8 Å². The molecule has 0 unspecified atom stereocenters. The van der Waals surface area contributed by atoms with E-state index < -0.39 is 5.91 Å². The molecule has 0 aliphatic carbocycles. The quantitative estimate of drug-likeness (QED) is 0.422. The van der Waals surface area contributed by atoms with Gasteiger partial charge in [-0.25, -0.2) is 15.0 Å². The van der Waals surface area contributed by atoms with Crippen molar-refractivity contribution in [3.8, 4) is 22.1 Å². The van der Waals surface area contributed by atoms with Crippen LogP contribution in [0, 0.1) is 0 Å². The maximum Gasteiger partial charge on any atom is 0.268 e.